The normalized spacial score (nSPS) is 10.9. The second-order valence-electron chi connectivity index (χ2n) is 4.98. The van der Waals surface area contributed by atoms with Gasteiger partial charge in [-0.3, -0.25) is 0 Å². The molecule has 3 aromatic rings. The van der Waals surface area contributed by atoms with E-state index in [2.05, 4.69) is 10.1 Å². The van der Waals surface area contributed by atoms with Crippen molar-refractivity contribution in [3.63, 3.8) is 0 Å². The lowest BCUT2D eigenvalue weighted by Crippen LogP contribution is -2.05. The minimum atomic E-state index is -0.433. The molecular formula is C16H14FN3O2. The number of esters is 1. The van der Waals surface area contributed by atoms with Crippen LogP contribution in [0.1, 0.15) is 21.7 Å². The molecule has 0 fully saturated rings. The molecule has 2 heterocycles. The zero-order valence-corrected chi connectivity index (χ0v) is 12.4. The van der Waals surface area contributed by atoms with Crippen molar-refractivity contribution in [1.29, 1.82) is 0 Å². The number of benzene rings is 1. The van der Waals surface area contributed by atoms with Gasteiger partial charge in [-0.15, -0.1) is 0 Å². The Labute approximate surface area is 126 Å². The number of aromatic nitrogens is 3. The van der Waals surface area contributed by atoms with Crippen LogP contribution in [0, 0.1) is 19.7 Å². The lowest BCUT2D eigenvalue weighted by Gasteiger charge is -2.05. The number of rotatable bonds is 2. The highest BCUT2D eigenvalue weighted by atomic mass is 19.1. The average molecular weight is 299 g/mol. The van der Waals surface area contributed by atoms with Gasteiger partial charge in [0.05, 0.1) is 29.4 Å². The Morgan fingerprint density at radius 3 is 2.55 bits per heavy atom. The van der Waals surface area contributed by atoms with E-state index in [9.17, 15) is 9.18 Å². The summed E-state index contributed by atoms with van der Waals surface area (Å²) >= 11 is 0. The number of halogens is 1. The maximum absolute atomic E-state index is 13.1. The third-order valence-electron chi connectivity index (χ3n) is 3.42. The molecule has 0 spiro atoms. The molecule has 6 heteroatoms. The summed E-state index contributed by atoms with van der Waals surface area (Å²) in [6, 6.07) is 7.62. The van der Waals surface area contributed by atoms with Gasteiger partial charge in [0.15, 0.2) is 5.65 Å². The summed E-state index contributed by atoms with van der Waals surface area (Å²) in [6.07, 6.45) is 0. The molecule has 0 bridgehead atoms. The quantitative estimate of drug-likeness (QED) is 0.683. The first kappa shape index (κ1) is 14.2. The Kier molecular flexibility index (Phi) is 3.36. The molecular weight excluding hydrogens is 285 g/mol. The predicted octanol–water partition coefficient (Wildman–Crippen LogP) is 2.96. The van der Waals surface area contributed by atoms with Crippen LogP contribution in [-0.2, 0) is 4.74 Å². The van der Waals surface area contributed by atoms with Crippen molar-refractivity contribution >= 4 is 17.0 Å². The molecule has 2 aromatic heterocycles. The molecule has 1 aromatic carbocycles. The van der Waals surface area contributed by atoms with Crippen LogP contribution in [0.5, 0.6) is 0 Å². The molecule has 112 valence electrons. The van der Waals surface area contributed by atoms with Gasteiger partial charge in [-0.1, -0.05) is 0 Å². The zero-order valence-electron chi connectivity index (χ0n) is 12.4. The summed E-state index contributed by atoms with van der Waals surface area (Å²) in [4.78, 5) is 16.5. The first-order chi connectivity index (χ1) is 10.5. The van der Waals surface area contributed by atoms with Crippen molar-refractivity contribution in [3.8, 4) is 5.69 Å². The predicted molar refractivity (Wildman–Crippen MR) is 79.6 cm³/mol. The van der Waals surface area contributed by atoms with Crippen molar-refractivity contribution in [2.75, 3.05) is 7.11 Å². The summed E-state index contributed by atoms with van der Waals surface area (Å²) < 4.78 is 19.5. The largest absolute Gasteiger partial charge is 0.465 e. The average Bonchev–Trinajstić information content (AvgIpc) is 2.83. The zero-order chi connectivity index (χ0) is 15.9. The summed E-state index contributed by atoms with van der Waals surface area (Å²) in [5.74, 6) is -0.756. The van der Waals surface area contributed by atoms with Gasteiger partial charge in [-0.25, -0.2) is 18.9 Å². The molecule has 0 saturated carbocycles. The van der Waals surface area contributed by atoms with E-state index in [1.807, 2.05) is 0 Å². The number of hydrogen-bond acceptors (Lipinski definition) is 4. The minimum absolute atomic E-state index is 0.323. The number of fused-ring (bicyclic) bond motifs is 1. The van der Waals surface area contributed by atoms with Crippen LogP contribution in [-0.4, -0.2) is 27.8 Å². The van der Waals surface area contributed by atoms with Gasteiger partial charge in [0.25, 0.3) is 0 Å². The summed E-state index contributed by atoms with van der Waals surface area (Å²) in [7, 11) is 1.34. The summed E-state index contributed by atoms with van der Waals surface area (Å²) in [6.45, 7) is 3.59. The maximum atomic E-state index is 13.1. The van der Waals surface area contributed by atoms with E-state index in [1.165, 1.54) is 19.2 Å². The van der Waals surface area contributed by atoms with Crippen LogP contribution in [0.15, 0.2) is 30.3 Å². The van der Waals surface area contributed by atoms with Gasteiger partial charge in [-0.2, -0.15) is 5.10 Å². The van der Waals surface area contributed by atoms with Crippen molar-refractivity contribution < 1.29 is 13.9 Å². The number of pyridine rings is 1. The molecule has 0 radical (unpaired) electrons. The van der Waals surface area contributed by atoms with E-state index in [1.54, 1.807) is 36.7 Å². The number of ether oxygens (including phenoxy) is 1. The number of aryl methyl sites for hydroxylation is 2. The van der Waals surface area contributed by atoms with Crippen LogP contribution in [0.3, 0.4) is 0 Å². The van der Waals surface area contributed by atoms with Crippen LogP contribution in [0.4, 0.5) is 4.39 Å². The van der Waals surface area contributed by atoms with E-state index in [0.29, 0.717) is 33.7 Å². The van der Waals surface area contributed by atoms with Gasteiger partial charge in [0.2, 0.25) is 0 Å². The summed E-state index contributed by atoms with van der Waals surface area (Å²) in [5.41, 5.74) is 2.98. The molecule has 5 nitrogen and oxygen atoms in total. The second-order valence-corrected chi connectivity index (χ2v) is 4.98. The molecule has 0 amide bonds. The first-order valence-corrected chi connectivity index (χ1v) is 6.72. The van der Waals surface area contributed by atoms with Crippen LogP contribution < -0.4 is 0 Å². The highest BCUT2D eigenvalue weighted by Crippen LogP contribution is 2.25. The number of carbonyl (C=O) groups excluding carboxylic acids is 1. The lowest BCUT2D eigenvalue weighted by atomic mass is 10.1. The minimum Gasteiger partial charge on any atom is -0.465 e. The van der Waals surface area contributed by atoms with Gasteiger partial charge in [0.1, 0.15) is 5.82 Å². The van der Waals surface area contributed by atoms with E-state index in [4.69, 9.17) is 4.74 Å². The van der Waals surface area contributed by atoms with Gasteiger partial charge >= 0.3 is 5.97 Å². The molecule has 0 N–H and O–H groups in total. The highest BCUT2D eigenvalue weighted by Gasteiger charge is 2.19. The van der Waals surface area contributed by atoms with Crippen molar-refractivity contribution in [2.24, 2.45) is 0 Å². The molecule has 0 atom stereocenters. The van der Waals surface area contributed by atoms with E-state index >= 15 is 0 Å². The number of methoxy groups -OCH3 is 1. The molecule has 0 aliphatic carbocycles. The third kappa shape index (κ3) is 2.22. The van der Waals surface area contributed by atoms with E-state index in [0.717, 1.165) is 0 Å². The van der Waals surface area contributed by atoms with Crippen molar-refractivity contribution in [2.45, 2.75) is 13.8 Å². The smallest absolute Gasteiger partial charge is 0.338 e. The van der Waals surface area contributed by atoms with Crippen LogP contribution in [0.25, 0.3) is 16.7 Å². The Morgan fingerprint density at radius 2 is 1.91 bits per heavy atom. The number of nitrogens with zero attached hydrogens (tertiary/aromatic N) is 3. The fourth-order valence-electron chi connectivity index (χ4n) is 2.45. The molecule has 3 rings (SSSR count). The van der Waals surface area contributed by atoms with Crippen LogP contribution in [0.2, 0.25) is 0 Å². The second kappa shape index (κ2) is 5.22. The Hall–Kier alpha value is -2.76. The number of hydrogen-bond donors (Lipinski definition) is 0. The Bertz CT molecular complexity index is 869. The van der Waals surface area contributed by atoms with Gasteiger partial charge in [-0.05, 0) is 44.2 Å². The molecule has 22 heavy (non-hydrogen) atoms. The SMILES string of the molecule is COC(=O)c1cc(C)nc2c1c(C)nn2-c1ccc(F)cc1. The first-order valence-electron chi connectivity index (χ1n) is 6.72. The molecule has 0 aliphatic rings. The maximum Gasteiger partial charge on any atom is 0.338 e. The third-order valence-corrected chi connectivity index (χ3v) is 3.42. The molecule has 0 saturated heterocycles. The molecule has 0 unspecified atom stereocenters. The summed E-state index contributed by atoms with van der Waals surface area (Å²) in [5, 5.41) is 5.07. The van der Waals surface area contributed by atoms with Crippen molar-refractivity contribution in [1.82, 2.24) is 14.8 Å². The van der Waals surface area contributed by atoms with Crippen LogP contribution >= 0.6 is 0 Å². The van der Waals surface area contributed by atoms with Crippen molar-refractivity contribution in [3.05, 3.63) is 53.1 Å². The standard InChI is InChI=1S/C16H14FN3O2/c1-9-8-13(16(21)22-3)14-10(2)19-20(15(14)18-9)12-6-4-11(17)5-7-12/h4-8H,1-3H3. The topological polar surface area (TPSA) is 57.0 Å². The van der Waals surface area contributed by atoms with E-state index in [-0.39, 0.29) is 5.82 Å². The monoisotopic (exact) mass is 299 g/mol. The Balaban J connectivity index is 2.32. The van der Waals surface area contributed by atoms with E-state index < -0.39 is 5.97 Å². The van der Waals surface area contributed by atoms with Gasteiger partial charge in [0, 0.05) is 5.69 Å². The fourth-order valence-corrected chi connectivity index (χ4v) is 2.45. The lowest BCUT2D eigenvalue weighted by molar-refractivity contribution is 0.0602. The number of carbonyl (C=O) groups is 1. The highest BCUT2D eigenvalue weighted by molar-refractivity contribution is 6.04. The molecule has 0 aliphatic heterocycles. The fraction of sp³-hybridized carbons (Fsp3) is 0.188. The van der Waals surface area contributed by atoms with Gasteiger partial charge < -0.3 is 4.74 Å². The Morgan fingerprint density at radius 1 is 1.23 bits per heavy atom.